The molecule has 0 spiro atoms. The predicted molar refractivity (Wildman–Crippen MR) is 92.7 cm³/mol. The van der Waals surface area contributed by atoms with Crippen LogP contribution in [0.2, 0.25) is 5.02 Å². The number of carbonyl (C=O) groups is 2. The Morgan fingerprint density at radius 2 is 2.17 bits per heavy atom. The van der Waals surface area contributed by atoms with E-state index in [4.69, 9.17) is 11.6 Å². The minimum atomic E-state index is -0.472. The quantitative estimate of drug-likeness (QED) is 0.930. The second kappa shape index (κ2) is 6.61. The topological polar surface area (TPSA) is 62.3 Å². The molecule has 1 fully saturated rings. The molecule has 2 aromatic rings. The molecule has 1 N–H and O–H groups in total. The lowest BCUT2D eigenvalue weighted by Crippen LogP contribution is -2.30. The molecule has 2 amide bonds. The monoisotopic (exact) mass is 343 g/mol. The number of aryl methyl sites for hydroxylation is 1. The number of nitrogens with zero attached hydrogens (tertiary/aromatic N) is 2. The average molecular weight is 344 g/mol. The number of carbonyl (C=O) groups excluding carboxylic acids is 2. The predicted octanol–water partition coefficient (Wildman–Crippen LogP) is 3.20. The highest BCUT2D eigenvalue weighted by atomic mass is 35.5. The van der Waals surface area contributed by atoms with Crippen LogP contribution in [0.5, 0.6) is 0 Å². The highest BCUT2D eigenvalue weighted by Gasteiger charge is 2.42. The third kappa shape index (κ3) is 3.12. The van der Waals surface area contributed by atoms with Crippen molar-refractivity contribution in [2.24, 2.45) is 5.92 Å². The number of amides is 2. The van der Waals surface area contributed by atoms with E-state index in [2.05, 4.69) is 10.3 Å². The molecule has 1 aliphatic rings. The zero-order valence-electron chi connectivity index (χ0n) is 13.5. The van der Waals surface area contributed by atoms with E-state index in [0.29, 0.717) is 10.7 Å². The molecule has 2 heterocycles. The molecule has 124 valence electrons. The van der Waals surface area contributed by atoms with Crippen molar-refractivity contribution in [3.63, 3.8) is 0 Å². The van der Waals surface area contributed by atoms with Gasteiger partial charge in [0.15, 0.2) is 0 Å². The van der Waals surface area contributed by atoms with Gasteiger partial charge in [0.05, 0.1) is 23.8 Å². The number of halogens is 1. The second-order valence-corrected chi connectivity index (χ2v) is 6.43. The summed E-state index contributed by atoms with van der Waals surface area (Å²) in [5.74, 6) is -0.711. The number of hydrogen-bond acceptors (Lipinski definition) is 3. The number of nitrogens with one attached hydrogen (secondary N) is 1. The van der Waals surface area contributed by atoms with E-state index in [9.17, 15) is 9.59 Å². The Morgan fingerprint density at radius 3 is 2.88 bits per heavy atom. The Bertz CT molecular complexity index is 793. The van der Waals surface area contributed by atoms with Gasteiger partial charge in [-0.15, -0.1) is 0 Å². The lowest BCUT2D eigenvalue weighted by atomic mass is 9.93. The third-order valence-electron chi connectivity index (χ3n) is 4.41. The molecule has 0 unspecified atom stereocenters. The molecule has 1 aromatic heterocycles. The Labute approximate surface area is 145 Å². The lowest BCUT2D eigenvalue weighted by Gasteiger charge is -2.25. The molecule has 2 atom stereocenters. The molecule has 1 aromatic carbocycles. The van der Waals surface area contributed by atoms with Crippen molar-refractivity contribution >= 4 is 29.1 Å². The first-order valence-electron chi connectivity index (χ1n) is 7.70. The van der Waals surface area contributed by atoms with Crippen LogP contribution in [-0.2, 0) is 9.59 Å². The summed E-state index contributed by atoms with van der Waals surface area (Å²) < 4.78 is 0. The summed E-state index contributed by atoms with van der Waals surface area (Å²) in [4.78, 5) is 30.6. The van der Waals surface area contributed by atoms with Crippen molar-refractivity contribution in [2.75, 3.05) is 12.4 Å². The van der Waals surface area contributed by atoms with E-state index in [-0.39, 0.29) is 24.3 Å². The van der Waals surface area contributed by atoms with Crippen LogP contribution < -0.4 is 5.32 Å². The Hall–Kier alpha value is -2.40. The highest BCUT2D eigenvalue weighted by molar-refractivity contribution is 6.30. The van der Waals surface area contributed by atoms with Crippen molar-refractivity contribution in [1.82, 2.24) is 9.88 Å². The molecule has 0 radical (unpaired) electrons. The van der Waals surface area contributed by atoms with E-state index < -0.39 is 5.92 Å². The molecule has 0 aliphatic carbocycles. The second-order valence-electron chi connectivity index (χ2n) is 5.99. The first-order chi connectivity index (χ1) is 11.5. The Morgan fingerprint density at radius 1 is 1.38 bits per heavy atom. The van der Waals surface area contributed by atoms with Crippen LogP contribution in [0.25, 0.3) is 0 Å². The summed E-state index contributed by atoms with van der Waals surface area (Å²) >= 11 is 6.07. The van der Waals surface area contributed by atoms with Crippen molar-refractivity contribution in [1.29, 1.82) is 0 Å². The van der Waals surface area contributed by atoms with E-state index >= 15 is 0 Å². The van der Waals surface area contributed by atoms with E-state index in [1.807, 2.05) is 25.1 Å². The van der Waals surface area contributed by atoms with Gasteiger partial charge in [-0.25, -0.2) is 0 Å². The van der Waals surface area contributed by atoms with Gasteiger partial charge in [-0.1, -0.05) is 23.7 Å². The standard InChI is InChI=1S/C18H18ClN3O2/c1-11-6-7-20-10-15(11)21-18(24)14-9-16(23)22(2)17(14)12-4-3-5-13(19)8-12/h3-8,10,14,17H,9H2,1-2H3,(H,21,24)/t14-,17-/m0/s1. The highest BCUT2D eigenvalue weighted by Crippen LogP contribution is 2.38. The molecule has 5 nitrogen and oxygen atoms in total. The molecule has 6 heteroatoms. The Balaban J connectivity index is 1.89. The van der Waals surface area contributed by atoms with Crippen LogP contribution in [0, 0.1) is 12.8 Å². The molecular formula is C18H18ClN3O2. The fourth-order valence-corrected chi connectivity index (χ4v) is 3.27. The van der Waals surface area contributed by atoms with Gasteiger partial charge in [0, 0.05) is 24.7 Å². The minimum Gasteiger partial charge on any atom is -0.338 e. The smallest absolute Gasteiger partial charge is 0.230 e. The van der Waals surface area contributed by atoms with Crippen LogP contribution in [0.3, 0.4) is 0 Å². The van der Waals surface area contributed by atoms with Crippen LogP contribution >= 0.6 is 11.6 Å². The van der Waals surface area contributed by atoms with Crippen LogP contribution in [0.1, 0.15) is 23.6 Å². The number of hydrogen-bond donors (Lipinski definition) is 1. The van der Waals surface area contributed by atoms with Gasteiger partial charge in [0.25, 0.3) is 0 Å². The van der Waals surface area contributed by atoms with Crippen LogP contribution in [0.4, 0.5) is 5.69 Å². The van der Waals surface area contributed by atoms with Crippen LogP contribution in [-0.4, -0.2) is 28.7 Å². The molecule has 24 heavy (non-hydrogen) atoms. The summed E-state index contributed by atoms with van der Waals surface area (Å²) in [5, 5.41) is 3.48. The van der Waals surface area contributed by atoms with Crippen molar-refractivity contribution in [3.8, 4) is 0 Å². The lowest BCUT2D eigenvalue weighted by molar-refractivity contribution is -0.127. The van der Waals surface area contributed by atoms with Crippen molar-refractivity contribution in [3.05, 3.63) is 58.9 Å². The third-order valence-corrected chi connectivity index (χ3v) is 4.65. The van der Waals surface area contributed by atoms with Gasteiger partial charge in [0.2, 0.25) is 11.8 Å². The SMILES string of the molecule is Cc1ccncc1NC(=O)[C@H]1CC(=O)N(C)[C@H]1c1cccc(Cl)c1. The summed E-state index contributed by atoms with van der Waals surface area (Å²) in [7, 11) is 1.72. The zero-order valence-corrected chi connectivity index (χ0v) is 14.2. The van der Waals surface area contributed by atoms with Crippen molar-refractivity contribution < 1.29 is 9.59 Å². The number of anilines is 1. The van der Waals surface area contributed by atoms with E-state index in [0.717, 1.165) is 11.1 Å². The van der Waals surface area contributed by atoms with Gasteiger partial charge in [0.1, 0.15) is 0 Å². The largest absolute Gasteiger partial charge is 0.338 e. The van der Waals surface area contributed by atoms with Gasteiger partial charge in [-0.3, -0.25) is 14.6 Å². The summed E-state index contributed by atoms with van der Waals surface area (Å²) in [6, 6.07) is 8.80. The van der Waals surface area contributed by atoms with Crippen LogP contribution in [0.15, 0.2) is 42.7 Å². The molecule has 1 aliphatic heterocycles. The fourth-order valence-electron chi connectivity index (χ4n) is 3.07. The zero-order chi connectivity index (χ0) is 17.3. The average Bonchev–Trinajstić information content (AvgIpc) is 2.85. The van der Waals surface area contributed by atoms with Gasteiger partial charge >= 0.3 is 0 Å². The Kier molecular flexibility index (Phi) is 4.53. The maximum Gasteiger partial charge on any atom is 0.230 e. The first-order valence-corrected chi connectivity index (χ1v) is 8.08. The maximum atomic E-state index is 12.8. The summed E-state index contributed by atoms with van der Waals surface area (Å²) in [6.45, 7) is 1.90. The fraction of sp³-hybridized carbons (Fsp3) is 0.278. The maximum absolute atomic E-state index is 12.8. The van der Waals surface area contributed by atoms with Gasteiger partial charge in [-0.2, -0.15) is 0 Å². The van der Waals surface area contributed by atoms with E-state index in [1.54, 1.807) is 36.5 Å². The number of benzene rings is 1. The number of aromatic nitrogens is 1. The molecule has 3 rings (SSSR count). The van der Waals surface area contributed by atoms with Gasteiger partial charge in [-0.05, 0) is 36.2 Å². The number of rotatable bonds is 3. The summed E-state index contributed by atoms with van der Waals surface area (Å²) in [6.07, 6.45) is 3.47. The van der Waals surface area contributed by atoms with E-state index in [1.165, 1.54) is 0 Å². The first kappa shape index (κ1) is 16.5. The number of pyridine rings is 1. The molecule has 1 saturated heterocycles. The molecule has 0 saturated carbocycles. The number of likely N-dealkylation sites (tertiary alicyclic amines) is 1. The van der Waals surface area contributed by atoms with Gasteiger partial charge < -0.3 is 10.2 Å². The van der Waals surface area contributed by atoms with Crippen molar-refractivity contribution in [2.45, 2.75) is 19.4 Å². The summed E-state index contributed by atoms with van der Waals surface area (Å²) in [5.41, 5.74) is 2.45. The molecule has 0 bridgehead atoms. The molecular weight excluding hydrogens is 326 g/mol. The minimum absolute atomic E-state index is 0.0527. The normalized spacial score (nSPS) is 20.3.